The lowest BCUT2D eigenvalue weighted by Gasteiger charge is -2.30. The summed E-state index contributed by atoms with van der Waals surface area (Å²) in [6.45, 7) is 0.715. The van der Waals surface area contributed by atoms with E-state index in [-0.39, 0.29) is 17.6 Å². The number of piperidine rings is 1. The minimum absolute atomic E-state index is 0.0236. The molecular formula is C15H19N3O4S. The summed E-state index contributed by atoms with van der Waals surface area (Å²) >= 11 is 0. The second kappa shape index (κ2) is 6.29. The van der Waals surface area contributed by atoms with Gasteiger partial charge in [0.1, 0.15) is 11.4 Å². The zero-order valence-electron chi connectivity index (χ0n) is 12.9. The van der Waals surface area contributed by atoms with E-state index in [4.69, 9.17) is 4.52 Å². The van der Waals surface area contributed by atoms with E-state index in [1.165, 1.54) is 4.31 Å². The van der Waals surface area contributed by atoms with Gasteiger partial charge in [-0.3, -0.25) is 4.79 Å². The summed E-state index contributed by atoms with van der Waals surface area (Å²) in [6.07, 6.45) is 1.08. The highest BCUT2D eigenvalue weighted by Gasteiger charge is 2.31. The van der Waals surface area contributed by atoms with Crippen LogP contribution in [0.15, 0.2) is 28.8 Å². The van der Waals surface area contributed by atoms with Crippen LogP contribution in [0.4, 0.5) is 0 Å². The third-order valence-electron chi connectivity index (χ3n) is 4.24. The monoisotopic (exact) mass is 337 g/mol. The van der Waals surface area contributed by atoms with E-state index in [2.05, 4.69) is 10.5 Å². The Bertz CT molecular complexity index is 807. The molecule has 0 radical (unpaired) electrons. The zero-order chi connectivity index (χ0) is 16.4. The van der Waals surface area contributed by atoms with Gasteiger partial charge in [0.2, 0.25) is 15.9 Å². The molecule has 0 bridgehead atoms. The molecular weight excluding hydrogens is 318 g/mol. The van der Waals surface area contributed by atoms with Crippen molar-refractivity contribution in [2.24, 2.45) is 5.92 Å². The van der Waals surface area contributed by atoms with E-state index in [1.54, 1.807) is 19.2 Å². The number of nitrogens with zero attached hydrogens (tertiary/aromatic N) is 2. The lowest BCUT2D eigenvalue weighted by atomic mass is 9.97. The highest BCUT2D eigenvalue weighted by molar-refractivity contribution is 7.88. The van der Waals surface area contributed by atoms with Gasteiger partial charge < -0.3 is 9.84 Å². The molecule has 0 atom stereocenters. The molecule has 1 aromatic heterocycles. The molecule has 1 saturated heterocycles. The number of carbonyl (C=O) groups excluding carboxylic acids is 1. The predicted octanol–water partition coefficient (Wildman–Crippen LogP) is 1.12. The Morgan fingerprint density at radius 3 is 2.74 bits per heavy atom. The molecule has 1 aliphatic rings. The van der Waals surface area contributed by atoms with Crippen molar-refractivity contribution in [3.05, 3.63) is 30.0 Å². The normalized spacial score (nSPS) is 17.4. The van der Waals surface area contributed by atoms with Crippen molar-refractivity contribution in [1.82, 2.24) is 14.8 Å². The van der Waals surface area contributed by atoms with Crippen LogP contribution in [0.2, 0.25) is 0 Å². The van der Waals surface area contributed by atoms with Gasteiger partial charge in [0.05, 0.1) is 0 Å². The van der Waals surface area contributed by atoms with Gasteiger partial charge in [0.25, 0.3) is 0 Å². The third kappa shape index (κ3) is 3.23. The fourth-order valence-electron chi connectivity index (χ4n) is 2.91. The Morgan fingerprint density at radius 1 is 1.35 bits per heavy atom. The number of para-hydroxylation sites is 1. The maximum atomic E-state index is 12.6. The standard InChI is InChI=1S/C15H19N3O4S/c1-16-15(19)11-6-8-18(9-7-11)23(20,21)10-13-12-4-2-3-5-14(12)22-17-13/h2-5,11H,6-10H2,1H3,(H,16,19). The number of fused-ring (bicyclic) bond motifs is 1. The molecule has 1 aliphatic heterocycles. The first-order valence-corrected chi connectivity index (χ1v) is 9.15. The predicted molar refractivity (Wildman–Crippen MR) is 85.0 cm³/mol. The molecule has 2 heterocycles. The Balaban J connectivity index is 1.72. The highest BCUT2D eigenvalue weighted by Crippen LogP contribution is 2.24. The van der Waals surface area contributed by atoms with Crippen molar-refractivity contribution < 1.29 is 17.7 Å². The maximum Gasteiger partial charge on any atom is 0.222 e. The van der Waals surface area contributed by atoms with Crippen LogP contribution < -0.4 is 5.32 Å². The summed E-state index contributed by atoms with van der Waals surface area (Å²) in [6, 6.07) is 7.20. The van der Waals surface area contributed by atoms with Crippen molar-refractivity contribution in [3.8, 4) is 0 Å². The maximum absolute atomic E-state index is 12.6. The number of benzene rings is 1. The summed E-state index contributed by atoms with van der Waals surface area (Å²) in [4.78, 5) is 11.6. The van der Waals surface area contributed by atoms with Gasteiger partial charge in [0, 0.05) is 31.4 Å². The molecule has 1 amide bonds. The van der Waals surface area contributed by atoms with Crippen LogP contribution in [0, 0.1) is 5.92 Å². The highest BCUT2D eigenvalue weighted by atomic mass is 32.2. The molecule has 1 aromatic carbocycles. The van der Waals surface area contributed by atoms with Crippen LogP contribution in [0.1, 0.15) is 18.5 Å². The summed E-state index contributed by atoms with van der Waals surface area (Å²) in [5.74, 6) is -0.321. The fraction of sp³-hybridized carbons (Fsp3) is 0.467. The number of hydrogen-bond donors (Lipinski definition) is 1. The topological polar surface area (TPSA) is 92.5 Å². The van der Waals surface area contributed by atoms with Crippen LogP contribution in [0.3, 0.4) is 0 Å². The van der Waals surface area contributed by atoms with Gasteiger partial charge >= 0.3 is 0 Å². The van der Waals surface area contributed by atoms with Crippen LogP contribution in [0.5, 0.6) is 0 Å². The van der Waals surface area contributed by atoms with Crippen LogP contribution >= 0.6 is 0 Å². The first-order chi connectivity index (χ1) is 11.0. The summed E-state index contributed by atoms with van der Waals surface area (Å²) in [5.41, 5.74) is 1.00. The van der Waals surface area contributed by atoms with Crippen molar-refractivity contribution in [2.45, 2.75) is 18.6 Å². The van der Waals surface area contributed by atoms with E-state index >= 15 is 0 Å². The minimum Gasteiger partial charge on any atom is -0.359 e. The molecule has 0 saturated carbocycles. The Morgan fingerprint density at radius 2 is 2.04 bits per heavy atom. The summed E-state index contributed by atoms with van der Waals surface area (Å²) < 4.78 is 31.8. The minimum atomic E-state index is -3.47. The van der Waals surface area contributed by atoms with E-state index in [9.17, 15) is 13.2 Å². The van der Waals surface area contributed by atoms with E-state index < -0.39 is 10.0 Å². The molecule has 124 valence electrons. The summed E-state index contributed by atoms with van der Waals surface area (Å²) in [5, 5.41) is 7.22. The average Bonchev–Trinajstić information content (AvgIpc) is 2.97. The van der Waals surface area contributed by atoms with E-state index in [0.717, 1.165) is 5.39 Å². The number of sulfonamides is 1. The second-order valence-corrected chi connectivity index (χ2v) is 7.64. The van der Waals surface area contributed by atoms with E-state index in [1.807, 2.05) is 12.1 Å². The number of rotatable bonds is 4. The quantitative estimate of drug-likeness (QED) is 0.902. The summed E-state index contributed by atoms with van der Waals surface area (Å²) in [7, 11) is -1.88. The molecule has 1 fully saturated rings. The SMILES string of the molecule is CNC(=O)C1CCN(S(=O)(=O)Cc2noc3ccccc23)CC1. The molecule has 0 aliphatic carbocycles. The molecule has 3 rings (SSSR count). The zero-order valence-corrected chi connectivity index (χ0v) is 13.7. The molecule has 0 unspecified atom stereocenters. The van der Waals surface area contributed by atoms with Gasteiger partial charge in [-0.15, -0.1) is 0 Å². The molecule has 23 heavy (non-hydrogen) atoms. The number of amides is 1. The van der Waals surface area contributed by atoms with Gasteiger partial charge in [0.15, 0.2) is 5.58 Å². The smallest absolute Gasteiger partial charge is 0.222 e. The van der Waals surface area contributed by atoms with Crippen molar-refractivity contribution in [3.63, 3.8) is 0 Å². The van der Waals surface area contributed by atoms with Gasteiger partial charge in [-0.25, -0.2) is 12.7 Å². The average molecular weight is 337 g/mol. The number of aromatic nitrogens is 1. The van der Waals surface area contributed by atoms with Gasteiger partial charge in [-0.2, -0.15) is 0 Å². The van der Waals surface area contributed by atoms with Crippen molar-refractivity contribution in [1.29, 1.82) is 0 Å². The molecule has 8 heteroatoms. The van der Waals surface area contributed by atoms with Crippen molar-refractivity contribution >= 4 is 26.9 Å². The first kappa shape index (κ1) is 15.9. The molecule has 2 aromatic rings. The van der Waals surface area contributed by atoms with Crippen molar-refractivity contribution in [2.75, 3.05) is 20.1 Å². The molecule has 1 N–H and O–H groups in total. The number of hydrogen-bond acceptors (Lipinski definition) is 5. The third-order valence-corrected chi connectivity index (χ3v) is 6.03. The largest absolute Gasteiger partial charge is 0.359 e. The lowest BCUT2D eigenvalue weighted by molar-refractivity contribution is -0.125. The fourth-order valence-corrected chi connectivity index (χ4v) is 4.41. The Hall–Kier alpha value is -1.93. The number of carbonyl (C=O) groups is 1. The van der Waals surface area contributed by atoms with Gasteiger partial charge in [-0.05, 0) is 25.0 Å². The lowest BCUT2D eigenvalue weighted by Crippen LogP contribution is -2.42. The molecule has 0 spiro atoms. The molecule has 7 nitrogen and oxygen atoms in total. The van der Waals surface area contributed by atoms with Crippen LogP contribution in [-0.4, -0.2) is 43.9 Å². The van der Waals surface area contributed by atoms with Gasteiger partial charge in [-0.1, -0.05) is 17.3 Å². The Labute approximate surface area is 134 Å². The second-order valence-electron chi connectivity index (χ2n) is 5.67. The first-order valence-electron chi connectivity index (χ1n) is 7.54. The number of nitrogens with one attached hydrogen (secondary N) is 1. The Kier molecular flexibility index (Phi) is 4.36. The van der Waals surface area contributed by atoms with Crippen LogP contribution in [-0.2, 0) is 20.6 Å². The van der Waals surface area contributed by atoms with Crippen LogP contribution in [0.25, 0.3) is 11.0 Å². The van der Waals surface area contributed by atoms with E-state index in [0.29, 0.717) is 37.2 Å².